The standard InChI is InChI=1S/C18H19F2N3O3/c1-10-5-2-3-7-13(10)23-14-8-4-6-11(14)16(22-23)17(24)21-12(18(25)26)9-15(19)20/h2-3,5,7,12,15H,4,6,8-9H2,1H3,(H,21,24)(H,25,26). The molecule has 1 heterocycles. The fraction of sp³-hybridized carbons (Fsp3) is 0.389. The summed E-state index contributed by atoms with van der Waals surface area (Å²) in [6.07, 6.45) is -1.51. The highest BCUT2D eigenvalue weighted by Gasteiger charge is 2.30. The smallest absolute Gasteiger partial charge is 0.326 e. The molecule has 1 unspecified atom stereocenters. The lowest BCUT2D eigenvalue weighted by molar-refractivity contribution is -0.140. The number of carboxylic acid groups (broad SMARTS) is 1. The van der Waals surface area contributed by atoms with Crippen LogP contribution in [-0.2, 0) is 17.6 Å². The van der Waals surface area contributed by atoms with E-state index in [-0.39, 0.29) is 5.69 Å². The summed E-state index contributed by atoms with van der Waals surface area (Å²) >= 11 is 0. The van der Waals surface area contributed by atoms with Gasteiger partial charge >= 0.3 is 5.97 Å². The number of carbonyl (C=O) groups excluding carboxylic acids is 1. The first-order valence-corrected chi connectivity index (χ1v) is 8.37. The monoisotopic (exact) mass is 363 g/mol. The molecule has 1 aromatic heterocycles. The first kappa shape index (κ1) is 18.0. The van der Waals surface area contributed by atoms with Crippen LogP contribution >= 0.6 is 0 Å². The Morgan fingerprint density at radius 3 is 2.69 bits per heavy atom. The molecular weight excluding hydrogens is 344 g/mol. The van der Waals surface area contributed by atoms with E-state index in [4.69, 9.17) is 5.11 Å². The number of aliphatic carboxylic acids is 1. The number of aromatic nitrogens is 2. The minimum absolute atomic E-state index is 0.112. The van der Waals surface area contributed by atoms with E-state index < -0.39 is 30.8 Å². The summed E-state index contributed by atoms with van der Waals surface area (Å²) in [7, 11) is 0. The van der Waals surface area contributed by atoms with Crippen molar-refractivity contribution in [1.82, 2.24) is 15.1 Å². The third-order valence-corrected chi connectivity index (χ3v) is 4.51. The second kappa shape index (κ2) is 7.23. The quantitative estimate of drug-likeness (QED) is 0.826. The zero-order valence-electron chi connectivity index (χ0n) is 14.2. The Hall–Kier alpha value is -2.77. The molecule has 0 fully saturated rings. The van der Waals surface area contributed by atoms with Crippen molar-refractivity contribution in [3.8, 4) is 5.69 Å². The molecule has 2 aromatic rings. The third kappa shape index (κ3) is 3.44. The van der Waals surface area contributed by atoms with Gasteiger partial charge in [-0.1, -0.05) is 18.2 Å². The molecule has 0 saturated carbocycles. The van der Waals surface area contributed by atoms with Crippen molar-refractivity contribution in [2.75, 3.05) is 0 Å². The van der Waals surface area contributed by atoms with Crippen LogP contribution in [0.5, 0.6) is 0 Å². The highest BCUT2D eigenvalue weighted by Crippen LogP contribution is 2.29. The summed E-state index contributed by atoms with van der Waals surface area (Å²) in [5.74, 6) is -2.22. The Kier molecular flexibility index (Phi) is 5.01. The SMILES string of the molecule is Cc1ccccc1-n1nc(C(=O)NC(CC(F)F)C(=O)O)c2c1CCC2. The van der Waals surface area contributed by atoms with Crippen molar-refractivity contribution in [3.05, 3.63) is 46.8 Å². The molecule has 8 heteroatoms. The summed E-state index contributed by atoms with van der Waals surface area (Å²) in [6.45, 7) is 1.93. The molecule has 0 aliphatic heterocycles. The van der Waals surface area contributed by atoms with Crippen molar-refractivity contribution in [1.29, 1.82) is 0 Å². The van der Waals surface area contributed by atoms with Crippen molar-refractivity contribution >= 4 is 11.9 Å². The average Bonchev–Trinajstić information content (AvgIpc) is 3.16. The van der Waals surface area contributed by atoms with Gasteiger partial charge in [0.15, 0.2) is 5.69 Å². The van der Waals surface area contributed by atoms with Crippen molar-refractivity contribution in [2.45, 2.75) is 45.1 Å². The Morgan fingerprint density at radius 1 is 1.31 bits per heavy atom. The maximum Gasteiger partial charge on any atom is 0.326 e. The van der Waals surface area contributed by atoms with E-state index in [0.717, 1.165) is 35.3 Å². The second-order valence-corrected chi connectivity index (χ2v) is 6.32. The largest absolute Gasteiger partial charge is 0.480 e. The summed E-state index contributed by atoms with van der Waals surface area (Å²) in [6, 6.07) is 5.94. The van der Waals surface area contributed by atoms with E-state index in [2.05, 4.69) is 10.4 Å². The van der Waals surface area contributed by atoms with Gasteiger partial charge in [0.1, 0.15) is 6.04 Å². The Bertz CT molecular complexity index is 848. The number of halogens is 2. The number of amides is 1. The molecule has 1 aliphatic carbocycles. The average molecular weight is 363 g/mol. The van der Waals surface area contributed by atoms with Crippen molar-refractivity contribution < 1.29 is 23.5 Å². The minimum atomic E-state index is -2.83. The summed E-state index contributed by atoms with van der Waals surface area (Å²) in [5, 5.41) is 15.6. The van der Waals surface area contributed by atoms with Gasteiger partial charge in [0, 0.05) is 17.7 Å². The van der Waals surface area contributed by atoms with Crippen LogP contribution in [0.2, 0.25) is 0 Å². The predicted molar refractivity (Wildman–Crippen MR) is 89.8 cm³/mol. The highest BCUT2D eigenvalue weighted by molar-refractivity contribution is 5.96. The molecule has 6 nitrogen and oxygen atoms in total. The maximum atomic E-state index is 12.6. The Labute approximate surface area is 148 Å². The number of hydrogen-bond donors (Lipinski definition) is 2. The van der Waals surface area contributed by atoms with Gasteiger partial charge in [0.2, 0.25) is 6.43 Å². The van der Waals surface area contributed by atoms with Crippen LogP contribution in [0.25, 0.3) is 5.69 Å². The van der Waals surface area contributed by atoms with Crippen LogP contribution in [0.1, 0.15) is 40.2 Å². The number of alkyl halides is 2. The zero-order valence-corrected chi connectivity index (χ0v) is 14.2. The van der Waals surface area contributed by atoms with Gasteiger partial charge < -0.3 is 10.4 Å². The molecule has 1 amide bonds. The molecule has 1 aliphatic rings. The van der Waals surface area contributed by atoms with E-state index in [1.54, 1.807) is 4.68 Å². The number of rotatable bonds is 6. The molecule has 0 saturated heterocycles. The Balaban J connectivity index is 1.94. The van der Waals surface area contributed by atoms with Crippen LogP contribution in [-0.4, -0.2) is 39.2 Å². The molecule has 2 N–H and O–H groups in total. The van der Waals surface area contributed by atoms with Gasteiger partial charge in [-0.3, -0.25) is 4.79 Å². The van der Waals surface area contributed by atoms with Gasteiger partial charge in [-0.05, 0) is 37.8 Å². The van der Waals surface area contributed by atoms with Crippen LogP contribution in [0.3, 0.4) is 0 Å². The van der Waals surface area contributed by atoms with E-state index in [9.17, 15) is 18.4 Å². The number of nitrogens with one attached hydrogen (secondary N) is 1. The summed E-state index contributed by atoms with van der Waals surface area (Å²) < 4.78 is 26.8. The number of nitrogens with zero attached hydrogens (tertiary/aromatic N) is 2. The molecule has 1 atom stereocenters. The molecule has 138 valence electrons. The van der Waals surface area contributed by atoms with Gasteiger partial charge in [-0.2, -0.15) is 5.10 Å². The number of para-hydroxylation sites is 1. The number of carboxylic acids is 1. The van der Waals surface area contributed by atoms with E-state index in [0.29, 0.717) is 6.42 Å². The number of carbonyl (C=O) groups is 2. The van der Waals surface area contributed by atoms with Gasteiger partial charge in [0.05, 0.1) is 5.69 Å². The van der Waals surface area contributed by atoms with Crippen LogP contribution < -0.4 is 5.32 Å². The normalized spacial score (nSPS) is 14.3. The van der Waals surface area contributed by atoms with Gasteiger partial charge in [-0.25, -0.2) is 18.3 Å². The Morgan fingerprint density at radius 2 is 2.04 bits per heavy atom. The number of fused-ring (bicyclic) bond motifs is 1. The van der Waals surface area contributed by atoms with Crippen LogP contribution in [0, 0.1) is 6.92 Å². The number of aryl methyl sites for hydroxylation is 1. The summed E-state index contributed by atoms with van der Waals surface area (Å²) in [4.78, 5) is 23.7. The van der Waals surface area contributed by atoms with E-state index >= 15 is 0 Å². The fourth-order valence-corrected chi connectivity index (χ4v) is 3.25. The summed E-state index contributed by atoms with van der Waals surface area (Å²) in [5.41, 5.74) is 3.60. The lowest BCUT2D eigenvalue weighted by Crippen LogP contribution is -2.42. The van der Waals surface area contributed by atoms with E-state index in [1.807, 2.05) is 31.2 Å². The maximum absolute atomic E-state index is 12.6. The third-order valence-electron chi connectivity index (χ3n) is 4.51. The first-order chi connectivity index (χ1) is 12.4. The predicted octanol–water partition coefficient (Wildman–Crippen LogP) is 2.51. The fourth-order valence-electron chi connectivity index (χ4n) is 3.25. The minimum Gasteiger partial charge on any atom is -0.480 e. The van der Waals surface area contributed by atoms with E-state index in [1.165, 1.54) is 0 Å². The van der Waals surface area contributed by atoms with Crippen molar-refractivity contribution in [2.24, 2.45) is 0 Å². The highest BCUT2D eigenvalue weighted by atomic mass is 19.3. The van der Waals surface area contributed by atoms with Crippen LogP contribution in [0.15, 0.2) is 24.3 Å². The van der Waals surface area contributed by atoms with Gasteiger partial charge in [-0.15, -0.1) is 0 Å². The number of benzene rings is 1. The van der Waals surface area contributed by atoms with Gasteiger partial charge in [0.25, 0.3) is 5.91 Å². The molecular formula is C18H19F2N3O3. The first-order valence-electron chi connectivity index (χ1n) is 8.37. The molecule has 1 aromatic carbocycles. The molecule has 0 radical (unpaired) electrons. The van der Waals surface area contributed by atoms with Crippen molar-refractivity contribution in [3.63, 3.8) is 0 Å². The zero-order chi connectivity index (χ0) is 18.8. The van der Waals surface area contributed by atoms with Crippen LogP contribution in [0.4, 0.5) is 8.78 Å². The molecule has 0 bridgehead atoms. The lowest BCUT2D eigenvalue weighted by Gasteiger charge is -2.13. The lowest BCUT2D eigenvalue weighted by atomic mass is 10.1. The molecule has 3 rings (SSSR count). The molecule has 26 heavy (non-hydrogen) atoms. The number of hydrogen-bond acceptors (Lipinski definition) is 3. The molecule has 0 spiro atoms. The topological polar surface area (TPSA) is 84.2 Å². The second-order valence-electron chi connectivity index (χ2n) is 6.32.